The van der Waals surface area contributed by atoms with Crippen molar-refractivity contribution in [2.45, 2.75) is 27.0 Å². The number of ether oxygens (including phenoxy) is 3. The molecule has 0 aliphatic carbocycles. The highest BCUT2D eigenvalue weighted by atomic mass is 127. The summed E-state index contributed by atoms with van der Waals surface area (Å²) in [7, 11) is 0. The van der Waals surface area contributed by atoms with E-state index in [-0.39, 0.29) is 29.1 Å². The first kappa shape index (κ1) is 20.9. The van der Waals surface area contributed by atoms with E-state index in [1.54, 1.807) is 37.3 Å². The summed E-state index contributed by atoms with van der Waals surface area (Å²) in [6, 6.07) is 9.85. The number of phenolic OH excluding ortho intramolecular Hbond substituents is 1. The van der Waals surface area contributed by atoms with Crippen LogP contribution in [0.15, 0.2) is 41.5 Å². The van der Waals surface area contributed by atoms with Crippen LogP contribution in [0.2, 0.25) is 0 Å². The molecular formula is C20H19IN2O6. The van der Waals surface area contributed by atoms with E-state index in [1.165, 1.54) is 24.9 Å². The van der Waals surface area contributed by atoms with E-state index in [9.17, 15) is 14.7 Å². The Hall–Kier alpha value is -2.82. The number of carbonyl (C=O) groups is 2. The van der Waals surface area contributed by atoms with Gasteiger partial charge in [-0.15, -0.1) is 5.10 Å². The third-order valence-electron chi connectivity index (χ3n) is 3.96. The number of amides is 1. The first-order valence-electron chi connectivity index (χ1n) is 8.79. The third-order valence-corrected chi connectivity index (χ3v) is 4.64. The number of hydrogen-bond donors (Lipinski definition) is 1. The Morgan fingerprint density at radius 1 is 1.21 bits per heavy atom. The zero-order chi connectivity index (χ0) is 21.1. The molecular weight excluding hydrogens is 491 g/mol. The van der Waals surface area contributed by atoms with Crippen molar-refractivity contribution in [3.05, 3.63) is 51.1 Å². The molecule has 0 saturated heterocycles. The Morgan fingerprint density at radius 2 is 1.97 bits per heavy atom. The Bertz CT molecular complexity index is 991. The number of hydrogen-bond acceptors (Lipinski definition) is 7. The second kappa shape index (κ2) is 8.68. The highest BCUT2D eigenvalue weighted by Gasteiger charge is 2.35. The lowest BCUT2D eigenvalue weighted by molar-refractivity contribution is -0.135. The molecule has 0 spiro atoms. The number of halogens is 1. The van der Waals surface area contributed by atoms with Gasteiger partial charge in [-0.2, -0.15) is 5.01 Å². The van der Waals surface area contributed by atoms with Crippen LogP contribution < -0.4 is 9.47 Å². The molecule has 8 nitrogen and oxygen atoms in total. The fraction of sp³-hybridized carbons (Fsp3) is 0.250. The molecule has 1 aliphatic rings. The minimum Gasteiger partial charge on any atom is -0.504 e. The number of aromatic hydroxyl groups is 1. The van der Waals surface area contributed by atoms with Crippen LogP contribution in [0.5, 0.6) is 17.2 Å². The highest BCUT2D eigenvalue weighted by molar-refractivity contribution is 14.1. The maximum absolute atomic E-state index is 12.2. The average Bonchev–Trinajstić information content (AvgIpc) is 3.10. The fourth-order valence-corrected chi connectivity index (χ4v) is 3.28. The van der Waals surface area contributed by atoms with E-state index >= 15 is 0 Å². The molecule has 0 saturated carbocycles. The molecule has 1 aliphatic heterocycles. The average molecular weight is 510 g/mol. The minimum atomic E-state index is -0.907. The van der Waals surface area contributed by atoms with Gasteiger partial charge in [-0.05, 0) is 65.9 Å². The summed E-state index contributed by atoms with van der Waals surface area (Å²) >= 11 is 2.12. The molecule has 0 fully saturated rings. The Morgan fingerprint density at radius 3 is 2.62 bits per heavy atom. The molecule has 1 N–H and O–H groups in total. The van der Waals surface area contributed by atoms with Crippen molar-refractivity contribution in [3.8, 4) is 17.2 Å². The normalized spacial score (nSPS) is 15.5. The topological polar surface area (TPSA) is 97.7 Å². The van der Waals surface area contributed by atoms with Crippen molar-refractivity contribution < 1.29 is 28.9 Å². The van der Waals surface area contributed by atoms with Crippen LogP contribution in [-0.4, -0.2) is 34.5 Å². The van der Waals surface area contributed by atoms with Crippen molar-refractivity contribution in [2.24, 2.45) is 5.10 Å². The Balaban J connectivity index is 2.00. The van der Waals surface area contributed by atoms with Gasteiger partial charge >= 0.3 is 5.97 Å². The summed E-state index contributed by atoms with van der Waals surface area (Å²) in [5.41, 5.74) is 1.02. The van der Waals surface area contributed by atoms with Crippen LogP contribution in [0.3, 0.4) is 0 Å². The van der Waals surface area contributed by atoms with E-state index in [0.29, 0.717) is 17.7 Å². The predicted molar refractivity (Wildman–Crippen MR) is 113 cm³/mol. The second-order valence-electron chi connectivity index (χ2n) is 6.13. The van der Waals surface area contributed by atoms with Crippen LogP contribution in [0, 0.1) is 3.57 Å². The van der Waals surface area contributed by atoms with Gasteiger partial charge in [0.05, 0.1) is 12.2 Å². The minimum absolute atomic E-state index is 0.0103. The molecule has 0 aromatic heterocycles. The number of nitrogens with zero attached hydrogens (tertiary/aromatic N) is 2. The van der Waals surface area contributed by atoms with Crippen LogP contribution >= 0.6 is 22.6 Å². The maximum atomic E-state index is 12.2. The lowest BCUT2D eigenvalue weighted by atomic mass is 10.1. The molecule has 2 aromatic rings. The van der Waals surface area contributed by atoms with Crippen molar-refractivity contribution in [3.63, 3.8) is 0 Å². The van der Waals surface area contributed by atoms with Crippen LogP contribution in [-0.2, 0) is 14.3 Å². The van der Waals surface area contributed by atoms with Gasteiger partial charge in [0.1, 0.15) is 5.75 Å². The van der Waals surface area contributed by atoms with E-state index < -0.39 is 12.2 Å². The van der Waals surface area contributed by atoms with Gasteiger partial charge < -0.3 is 19.3 Å². The van der Waals surface area contributed by atoms with E-state index in [2.05, 4.69) is 27.7 Å². The van der Waals surface area contributed by atoms with E-state index in [4.69, 9.17) is 14.2 Å². The molecule has 0 bridgehead atoms. The lowest BCUT2D eigenvalue weighted by Gasteiger charge is -2.21. The SMILES string of the molecule is CCOc1cc(C2=NN(C(C)=O)C(c3cc(I)ccc3OC(C)=O)O2)ccc1O. The smallest absolute Gasteiger partial charge is 0.308 e. The quantitative estimate of drug-likeness (QED) is 0.376. The van der Waals surface area contributed by atoms with Gasteiger partial charge in [-0.3, -0.25) is 9.59 Å². The van der Waals surface area contributed by atoms with E-state index in [0.717, 1.165) is 3.57 Å². The molecule has 1 atom stereocenters. The molecule has 1 heterocycles. The monoisotopic (exact) mass is 510 g/mol. The zero-order valence-electron chi connectivity index (χ0n) is 16.0. The van der Waals surface area contributed by atoms with Gasteiger partial charge in [0.25, 0.3) is 0 Å². The summed E-state index contributed by atoms with van der Waals surface area (Å²) in [5.74, 6) is -0.0969. The van der Waals surface area contributed by atoms with Crippen molar-refractivity contribution >= 4 is 40.4 Å². The van der Waals surface area contributed by atoms with Crippen LogP contribution in [0.4, 0.5) is 0 Å². The zero-order valence-corrected chi connectivity index (χ0v) is 18.2. The van der Waals surface area contributed by atoms with Gasteiger partial charge in [-0.25, -0.2) is 0 Å². The summed E-state index contributed by atoms with van der Waals surface area (Å²) < 4.78 is 17.5. The summed E-state index contributed by atoms with van der Waals surface area (Å²) in [4.78, 5) is 23.7. The lowest BCUT2D eigenvalue weighted by Crippen LogP contribution is -2.26. The molecule has 29 heavy (non-hydrogen) atoms. The molecule has 9 heteroatoms. The van der Waals surface area contributed by atoms with Gasteiger partial charge in [0, 0.05) is 23.0 Å². The van der Waals surface area contributed by atoms with Gasteiger partial charge in [0.2, 0.25) is 18.0 Å². The number of phenols is 1. The number of carbonyl (C=O) groups excluding carboxylic acids is 2. The molecule has 3 rings (SSSR count). The Kier molecular flexibility index (Phi) is 6.26. The molecule has 1 unspecified atom stereocenters. The molecule has 0 radical (unpaired) electrons. The van der Waals surface area contributed by atoms with Gasteiger partial charge in [-0.1, -0.05) is 0 Å². The summed E-state index contributed by atoms with van der Waals surface area (Å²) in [6.45, 7) is 4.84. The molecule has 2 aromatic carbocycles. The standard InChI is InChI=1S/C20H19IN2O6/c1-4-27-18-9-13(5-7-16(18)26)19-22-23(11(2)24)20(29-19)15-10-14(21)6-8-17(15)28-12(3)25/h5-10,20,26H,4H2,1-3H3. The van der Waals surface area contributed by atoms with E-state index in [1.807, 2.05) is 0 Å². The van der Waals surface area contributed by atoms with Crippen LogP contribution in [0.25, 0.3) is 0 Å². The summed E-state index contributed by atoms with van der Waals surface area (Å²) in [6.07, 6.45) is -0.907. The molecule has 1 amide bonds. The van der Waals surface area contributed by atoms with Gasteiger partial charge in [0.15, 0.2) is 11.5 Å². The first-order valence-corrected chi connectivity index (χ1v) is 9.87. The largest absolute Gasteiger partial charge is 0.504 e. The number of benzene rings is 2. The maximum Gasteiger partial charge on any atom is 0.308 e. The number of esters is 1. The number of hydrazone groups is 1. The highest BCUT2D eigenvalue weighted by Crippen LogP contribution is 2.37. The predicted octanol–water partition coefficient (Wildman–Crippen LogP) is 3.56. The first-order chi connectivity index (χ1) is 13.8. The second-order valence-corrected chi connectivity index (χ2v) is 7.38. The summed E-state index contributed by atoms with van der Waals surface area (Å²) in [5, 5.41) is 15.4. The fourth-order valence-electron chi connectivity index (χ4n) is 2.76. The van der Waals surface area contributed by atoms with Crippen molar-refractivity contribution in [1.82, 2.24) is 5.01 Å². The van der Waals surface area contributed by atoms with Crippen molar-refractivity contribution in [2.75, 3.05) is 6.61 Å². The van der Waals surface area contributed by atoms with Crippen LogP contribution in [0.1, 0.15) is 38.1 Å². The number of rotatable bonds is 5. The van der Waals surface area contributed by atoms with Crippen molar-refractivity contribution in [1.29, 1.82) is 0 Å². The third kappa shape index (κ3) is 4.61. The Labute approximate surface area is 181 Å². The molecule has 152 valence electrons.